The van der Waals surface area contributed by atoms with Crippen molar-refractivity contribution in [3.63, 3.8) is 0 Å². The van der Waals surface area contributed by atoms with Crippen LogP contribution < -0.4 is 10.1 Å². The minimum atomic E-state index is -4.43. The Morgan fingerprint density at radius 1 is 1.36 bits per heavy atom. The molecule has 0 radical (unpaired) electrons. The lowest BCUT2D eigenvalue weighted by molar-refractivity contribution is -0.136. The molecule has 1 aliphatic heterocycles. The van der Waals surface area contributed by atoms with E-state index in [1.807, 2.05) is 0 Å². The zero-order chi connectivity index (χ0) is 16.2. The fraction of sp³-hybridized carbons (Fsp3) is 0.462. The summed E-state index contributed by atoms with van der Waals surface area (Å²) in [6.07, 6.45) is -4.43. The number of alkyl halides is 3. The zero-order valence-electron chi connectivity index (χ0n) is 11.3. The van der Waals surface area contributed by atoms with E-state index in [4.69, 9.17) is 9.47 Å². The summed E-state index contributed by atoms with van der Waals surface area (Å²) in [5.74, 6) is -0.574. The molecule has 0 atom stereocenters. The van der Waals surface area contributed by atoms with E-state index < -0.39 is 24.4 Å². The van der Waals surface area contributed by atoms with E-state index in [0.29, 0.717) is 16.9 Å². The highest BCUT2D eigenvalue weighted by Crippen LogP contribution is 2.31. The summed E-state index contributed by atoms with van der Waals surface area (Å²) in [5, 5.41) is 1.77. The van der Waals surface area contributed by atoms with Gasteiger partial charge in [0.2, 0.25) is 5.91 Å². The van der Waals surface area contributed by atoms with E-state index in [-0.39, 0.29) is 24.9 Å². The van der Waals surface area contributed by atoms with Gasteiger partial charge in [0.25, 0.3) is 0 Å². The number of carbonyl (C=O) groups is 1. The molecule has 4 nitrogen and oxygen atoms in total. The smallest absolute Gasteiger partial charge is 0.405 e. The molecule has 0 bridgehead atoms. The van der Waals surface area contributed by atoms with Gasteiger partial charge in [-0.1, -0.05) is 0 Å². The van der Waals surface area contributed by atoms with E-state index >= 15 is 0 Å². The molecule has 0 unspecified atom stereocenters. The Labute approximate surface area is 128 Å². The van der Waals surface area contributed by atoms with Crippen molar-refractivity contribution in [2.24, 2.45) is 0 Å². The monoisotopic (exact) mass is 339 g/mol. The van der Waals surface area contributed by atoms with Crippen LogP contribution in [0.5, 0.6) is 5.75 Å². The van der Waals surface area contributed by atoms with Crippen LogP contribution in [0.15, 0.2) is 12.1 Å². The summed E-state index contributed by atoms with van der Waals surface area (Å²) in [6, 6.07) is 2.59. The minimum Gasteiger partial charge on any atom is -0.467 e. The Morgan fingerprint density at radius 2 is 2.14 bits per heavy atom. The number of thioether (sulfide) groups is 1. The van der Waals surface area contributed by atoms with Gasteiger partial charge in [-0.3, -0.25) is 4.79 Å². The molecule has 9 heteroatoms. The molecule has 0 saturated heterocycles. The molecular weight excluding hydrogens is 326 g/mol. The maximum atomic E-state index is 13.5. The quantitative estimate of drug-likeness (QED) is 0.838. The Hall–Kier alpha value is -1.48. The molecular formula is C13H13F4NO3S. The Bertz CT molecular complexity index is 551. The van der Waals surface area contributed by atoms with Crippen molar-refractivity contribution in [1.82, 2.24) is 5.32 Å². The van der Waals surface area contributed by atoms with Crippen molar-refractivity contribution in [3.05, 3.63) is 29.1 Å². The molecule has 1 aliphatic rings. The molecule has 0 spiro atoms. The van der Waals surface area contributed by atoms with E-state index in [9.17, 15) is 22.4 Å². The third kappa shape index (κ3) is 5.06. The molecule has 0 aliphatic carbocycles. The van der Waals surface area contributed by atoms with Gasteiger partial charge in [0.15, 0.2) is 6.79 Å². The highest BCUT2D eigenvalue weighted by atomic mass is 32.2. The second-order valence-electron chi connectivity index (χ2n) is 4.55. The molecule has 1 aromatic carbocycles. The Kier molecular flexibility index (Phi) is 5.52. The second kappa shape index (κ2) is 7.19. The number of halogens is 4. The normalized spacial score (nSPS) is 14.2. The predicted octanol–water partition coefficient (Wildman–Crippen LogP) is 2.60. The third-order valence-corrected chi connectivity index (χ3v) is 3.71. The largest absolute Gasteiger partial charge is 0.467 e. The highest BCUT2D eigenvalue weighted by molar-refractivity contribution is 7.99. The number of hydrogen-bond donors (Lipinski definition) is 1. The number of benzene rings is 1. The van der Waals surface area contributed by atoms with E-state index in [1.165, 1.54) is 12.1 Å². The molecule has 2 rings (SSSR count). The van der Waals surface area contributed by atoms with Gasteiger partial charge < -0.3 is 14.8 Å². The first-order valence-corrected chi connectivity index (χ1v) is 7.43. The van der Waals surface area contributed by atoms with Crippen molar-refractivity contribution in [2.45, 2.75) is 18.5 Å². The fourth-order valence-corrected chi connectivity index (χ4v) is 2.69. The fourth-order valence-electron chi connectivity index (χ4n) is 1.87. The van der Waals surface area contributed by atoms with Gasteiger partial charge in [0.1, 0.15) is 18.1 Å². The molecule has 0 aromatic heterocycles. The van der Waals surface area contributed by atoms with Crippen molar-refractivity contribution in [2.75, 3.05) is 19.1 Å². The maximum Gasteiger partial charge on any atom is 0.405 e. The molecule has 22 heavy (non-hydrogen) atoms. The van der Waals surface area contributed by atoms with Crippen LogP contribution in [0.1, 0.15) is 11.1 Å². The van der Waals surface area contributed by atoms with Crippen molar-refractivity contribution >= 4 is 17.7 Å². The number of ether oxygens (including phenoxy) is 2. The summed E-state index contributed by atoms with van der Waals surface area (Å²) in [7, 11) is 0. The van der Waals surface area contributed by atoms with Gasteiger partial charge >= 0.3 is 6.18 Å². The summed E-state index contributed by atoms with van der Waals surface area (Å²) >= 11 is 1.08. The van der Waals surface area contributed by atoms with Gasteiger partial charge in [-0.15, -0.1) is 11.8 Å². The second-order valence-corrected chi connectivity index (χ2v) is 5.53. The summed E-state index contributed by atoms with van der Waals surface area (Å²) in [5.41, 5.74) is 1.12. The average molecular weight is 339 g/mol. The summed E-state index contributed by atoms with van der Waals surface area (Å²) in [6.45, 7) is -1.07. The number of amides is 1. The lowest BCUT2D eigenvalue weighted by Gasteiger charge is -2.20. The topological polar surface area (TPSA) is 47.6 Å². The van der Waals surface area contributed by atoms with Crippen molar-refractivity contribution in [3.8, 4) is 5.75 Å². The van der Waals surface area contributed by atoms with Gasteiger partial charge in [-0.25, -0.2) is 4.39 Å². The summed E-state index contributed by atoms with van der Waals surface area (Å²) < 4.78 is 59.7. The molecule has 0 fully saturated rings. The number of rotatable bonds is 5. The van der Waals surface area contributed by atoms with Gasteiger partial charge in [0.05, 0.1) is 12.4 Å². The van der Waals surface area contributed by atoms with Crippen LogP contribution >= 0.6 is 11.8 Å². The van der Waals surface area contributed by atoms with Gasteiger partial charge in [-0.05, 0) is 12.1 Å². The SMILES string of the molecule is O=C(CSCc1cc(F)cc2c1OCOC2)NCC(F)(F)F. The molecule has 122 valence electrons. The van der Waals surface area contributed by atoms with Crippen LogP contribution in [-0.4, -0.2) is 31.2 Å². The summed E-state index contributed by atoms with van der Waals surface area (Å²) in [4.78, 5) is 11.3. The van der Waals surface area contributed by atoms with Crippen LogP contribution in [0.3, 0.4) is 0 Å². The molecule has 0 saturated carbocycles. The Balaban J connectivity index is 1.87. The van der Waals surface area contributed by atoms with Crippen LogP contribution in [0.4, 0.5) is 17.6 Å². The lowest BCUT2D eigenvalue weighted by Crippen LogP contribution is -2.34. The predicted molar refractivity (Wildman–Crippen MR) is 71.9 cm³/mol. The van der Waals surface area contributed by atoms with Gasteiger partial charge in [0, 0.05) is 16.9 Å². The molecule has 1 heterocycles. The first-order valence-electron chi connectivity index (χ1n) is 6.28. The van der Waals surface area contributed by atoms with Crippen LogP contribution in [0.2, 0.25) is 0 Å². The van der Waals surface area contributed by atoms with Crippen molar-refractivity contribution < 1.29 is 31.8 Å². The third-order valence-electron chi connectivity index (χ3n) is 2.73. The first kappa shape index (κ1) is 16.9. The van der Waals surface area contributed by atoms with Gasteiger partial charge in [-0.2, -0.15) is 13.2 Å². The first-order chi connectivity index (χ1) is 10.3. The molecule has 1 N–H and O–H groups in total. The van der Waals surface area contributed by atoms with E-state index in [2.05, 4.69) is 0 Å². The van der Waals surface area contributed by atoms with E-state index in [1.54, 1.807) is 5.32 Å². The van der Waals surface area contributed by atoms with Crippen molar-refractivity contribution in [1.29, 1.82) is 0 Å². The Morgan fingerprint density at radius 3 is 2.86 bits per heavy atom. The van der Waals surface area contributed by atoms with Crippen LogP contribution in [-0.2, 0) is 21.9 Å². The zero-order valence-corrected chi connectivity index (χ0v) is 12.2. The lowest BCUT2D eigenvalue weighted by atomic mass is 10.1. The number of carbonyl (C=O) groups excluding carboxylic acids is 1. The number of hydrogen-bond acceptors (Lipinski definition) is 4. The standard InChI is InChI=1S/C13H13F4NO3S/c14-10-1-8-3-20-7-21-12(8)9(2-10)4-22-5-11(19)18-6-13(15,16)17/h1-2H,3-7H2,(H,18,19). The minimum absolute atomic E-state index is 0.0579. The number of fused-ring (bicyclic) bond motifs is 1. The van der Waals surface area contributed by atoms with E-state index in [0.717, 1.165) is 11.8 Å². The highest BCUT2D eigenvalue weighted by Gasteiger charge is 2.27. The van der Waals surface area contributed by atoms with Crippen LogP contribution in [0, 0.1) is 5.82 Å². The molecule has 1 amide bonds. The average Bonchev–Trinajstić information content (AvgIpc) is 2.44. The molecule has 1 aromatic rings. The maximum absolute atomic E-state index is 13.5. The number of nitrogens with one attached hydrogen (secondary N) is 1. The van der Waals surface area contributed by atoms with Crippen LogP contribution in [0.25, 0.3) is 0 Å².